The van der Waals surface area contributed by atoms with Gasteiger partial charge < -0.3 is 24.0 Å². The average molecular weight is 603 g/mol. The smallest absolute Gasteiger partial charge is 0.410 e. The van der Waals surface area contributed by atoms with E-state index in [9.17, 15) is 10.1 Å². The Morgan fingerprint density at radius 2 is 1.85 bits per heavy atom. The number of hydrogen-bond donors (Lipinski definition) is 0. The third kappa shape index (κ3) is 6.82. The summed E-state index contributed by atoms with van der Waals surface area (Å²) in [5.41, 5.74) is 3.02. The van der Waals surface area contributed by atoms with Gasteiger partial charge in [0.25, 0.3) is 0 Å². The highest BCUT2D eigenvalue weighted by atomic mass is 35.5. The molecule has 0 radical (unpaired) electrons. The van der Waals surface area contributed by atoms with Crippen LogP contribution in [0.25, 0.3) is 0 Å². The molecule has 3 aliphatic rings. The molecule has 1 aromatic carbocycles. The van der Waals surface area contributed by atoms with Crippen LogP contribution in [-0.2, 0) is 15.9 Å². The fourth-order valence-corrected chi connectivity index (χ4v) is 6.18. The van der Waals surface area contributed by atoms with Gasteiger partial charge in [0.05, 0.1) is 41.8 Å². The number of benzene rings is 1. The maximum Gasteiger partial charge on any atom is 0.410 e. The van der Waals surface area contributed by atoms with E-state index in [4.69, 9.17) is 47.4 Å². The van der Waals surface area contributed by atoms with E-state index in [0.29, 0.717) is 47.9 Å². The van der Waals surface area contributed by atoms with Crippen LogP contribution in [0.4, 0.5) is 10.7 Å². The van der Waals surface area contributed by atoms with Crippen molar-refractivity contribution in [3.63, 3.8) is 0 Å². The quantitative estimate of drug-likeness (QED) is 0.373. The summed E-state index contributed by atoms with van der Waals surface area (Å²) in [5, 5.41) is 10.3. The van der Waals surface area contributed by atoms with Crippen molar-refractivity contribution in [2.45, 2.75) is 76.6 Å². The molecule has 1 aromatic heterocycles. The van der Waals surface area contributed by atoms with Gasteiger partial charge in [-0.2, -0.15) is 5.26 Å². The molecule has 220 valence electrons. The van der Waals surface area contributed by atoms with Crippen molar-refractivity contribution in [3.05, 3.63) is 45.7 Å². The molecule has 0 spiro atoms. The molecule has 1 atom stereocenters. The average Bonchev–Trinajstić information content (AvgIpc) is 2.93. The Morgan fingerprint density at radius 1 is 1.15 bits per heavy atom. The number of hydrogen-bond acceptors (Lipinski definition) is 8. The first kappa shape index (κ1) is 29.7. The molecule has 1 aliphatic carbocycles. The van der Waals surface area contributed by atoms with Crippen molar-refractivity contribution in [1.82, 2.24) is 14.9 Å². The van der Waals surface area contributed by atoms with Gasteiger partial charge >= 0.3 is 6.09 Å². The number of amides is 1. The molecule has 2 fully saturated rings. The van der Waals surface area contributed by atoms with Crippen LogP contribution in [0.5, 0.6) is 5.75 Å². The summed E-state index contributed by atoms with van der Waals surface area (Å²) in [6.45, 7) is 8.68. The minimum atomic E-state index is -0.491. The lowest BCUT2D eigenvalue weighted by molar-refractivity contribution is -0.0982. The summed E-state index contributed by atoms with van der Waals surface area (Å²) in [4.78, 5) is 25.5. The number of halogens is 2. The summed E-state index contributed by atoms with van der Waals surface area (Å²) in [6.07, 6.45) is 8.27. The second-order valence-corrected chi connectivity index (χ2v) is 12.6. The molecule has 1 amide bonds. The fraction of sp³-hybridized carbons (Fsp3) is 0.600. The minimum absolute atomic E-state index is 0.0611. The Bertz CT molecular complexity index is 1280. The minimum Gasteiger partial charge on any atom is -0.489 e. The van der Waals surface area contributed by atoms with E-state index in [1.807, 2.05) is 39.2 Å². The highest BCUT2D eigenvalue weighted by molar-refractivity contribution is 6.33. The molecule has 9 nitrogen and oxygen atoms in total. The van der Waals surface area contributed by atoms with Crippen molar-refractivity contribution >= 4 is 35.2 Å². The number of nitriles is 1. The molecule has 0 bridgehead atoms. The number of aromatic nitrogens is 2. The number of rotatable bonds is 7. The van der Waals surface area contributed by atoms with Crippen molar-refractivity contribution in [1.29, 1.82) is 5.26 Å². The number of likely N-dealkylation sites (tertiary alicyclic amines) is 1. The number of alkyl halides is 1. The number of ether oxygens (including phenoxy) is 3. The normalized spacial score (nSPS) is 19.8. The molecule has 0 N–H and O–H groups in total. The lowest BCUT2D eigenvalue weighted by Crippen LogP contribution is -2.57. The monoisotopic (exact) mass is 601 g/mol. The number of fused-ring (bicyclic) bond motifs is 1. The van der Waals surface area contributed by atoms with Crippen LogP contribution in [0.3, 0.4) is 0 Å². The zero-order valence-corrected chi connectivity index (χ0v) is 25.4. The molecule has 3 heterocycles. The van der Waals surface area contributed by atoms with E-state index in [1.54, 1.807) is 4.90 Å². The van der Waals surface area contributed by atoms with Gasteiger partial charge in [-0.1, -0.05) is 11.6 Å². The van der Waals surface area contributed by atoms with E-state index >= 15 is 0 Å². The molecule has 41 heavy (non-hydrogen) atoms. The molecule has 1 unspecified atom stereocenters. The Hall–Kier alpha value is -2.80. The number of anilines is 1. The highest BCUT2D eigenvalue weighted by Gasteiger charge is 2.36. The van der Waals surface area contributed by atoms with Gasteiger partial charge in [-0.05, 0) is 75.6 Å². The molecule has 2 saturated heterocycles. The molecule has 0 saturated carbocycles. The molecular formula is C30H37Cl2N5O4. The third-order valence-corrected chi connectivity index (χ3v) is 8.32. The van der Waals surface area contributed by atoms with Crippen LogP contribution < -0.4 is 9.64 Å². The predicted molar refractivity (Wildman–Crippen MR) is 157 cm³/mol. The number of carbonyl (C=O) groups is 1. The number of nitrogens with zero attached hydrogens (tertiary/aromatic N) is 5. The molecule has 5 rings (SSSR count). The first-order valence-corrected chi connectivity index (χ1v) is 15.2. The van der Waals surface area contributed by atoms with E-state index in [-0.39, 0.29) is 24.2 Å². The SMILES string of the molecule is CC(C)(C)OC(=O)N1CC(OC2CCN(c3ncc(C4CCCc5c4cc(C#N)c(OCCCl)c5Cl)cn3)CC2)C1. The summed E-state index contributed by atoms with van der Waals surface area (Å²) in [6, 6.07) is 4.14. The first-order chi connectivity index (χ1) is 19.7. The van der Waals surface area contributed by atoms with Crippen molar-refractivity contribution in [3.8, 4) is 11.8 Å². The lowest BCUT2D eigenvalue weighted by Gasteiger charge is -2.42. The summed E-state index contributed by atoms with van der Waals surface area (Å²) in [7, 11) is 0. The van der Waals surface area contributed by atoms with Crippen LogP contribution in [0, 0.1) is 11.3 Å². The van der Waals surface area contributed by atoms with Gasteiger partial charge in [-0.3, -0.25) is 0 Å². The van der Waals surface area contributed by atoms with Gasteiger partial charge in [0.1, 0.15) is 18.3 Å². The van der Waals surface area contributed by atoms with Gasteiger partial charge in [0.15, 0.2) is 5.75 Å². The highest BCUT2D eigenvalue weighted by Crippen LogP contribution is 2.44. The van der Waals surface area contributed by atoms with Crippen molar-refractivity contribution in [2.75, 3.05) is 43.6 Å². The van der Waals surface area contributed by atoms with E-state index < -0.39 is 5.60 Å². The molecule has 11 heteroatoms. The van der Waals surface area contributed by atoms with Crippen LogP contribution in [0.1, 0.15) is 74.6 Å². The Labute approximate surface area is 251 Å². The third-order valence-electron chi connectivity index (χ3n) is 7.77. The Balaban J connectivity index is 1.17. The lowest BCUT2D eigenvalue weighted by atomic mass is 9.79. The Morgan fingerprint density at radius 3 is 2.49 bits per heavy atom. The van der Waals surface area contributed by atoms with Gasteiger partial charge in [0, 0.05) is 31.4 Å². The van der Waals surface area contributed by atoms with Crippen LogP contribution >= 0.6 is 23.2 Å². The topological polar surface area (TPSA) is 101 Å². The predicted octanol–water partition coefficient (Wildman–Crippen LogP) is 5.69. The molecule has 2 aliphatic heterocycles. The van der Waals surface area contributed by atoms with E-state index in [2.05, 4.69) is 11.0 Å². The van der Waals surface area contributed by atoms with Gasteiger partial charge in [-0.25, -0.2) is 14.8 Å². The zero-order valence-electron chi connectivity index (χ0n) is 23.9. The molecular weight excluding hydrogens is 565 g/mol. The van der Waals surface area contributed by atoms with Crippen LogP contribution in [-0.4, -0.2) is 77.4 Å². The maximum atomic E-state index is 12.2. The summed E-state index contributed by atoms with van der Waals surface area (Å²) in [5.74, 6) is 1.53. The zero-order chi connectivity index (χ0) is 29.1. The van der Waals surface area contributed by atoms with Crippen LogP contribution in [0.2, 0.25) is 5.02 Å². The van der Waals surface area contributed by atoms with E-state index in [0.717, 1.165) is 61.9 Å². The largest absolute Gasteiger partial charge is 0.489 e. The Kier molecular flexibility index (Phi) is 9.12. The van der Waals surface area contributed by atoms with Crippen LogP contribution in [0.15, 0.2) is 18.5 Å². The summed E-state index contributed by atoms with van der Waals surface area (Å²) >= 11 is 12.5. The standard InChI is InChI=1S/C30H37Cl2N5O4/c1-30(2,3)41-29(38)37-17-22(18-37)40-21-7-10-36(11-8-21)28-34-15-20(16-35-28)23-5-4-6-24-25(23)13-19(14-33)27(26(24)32)39-12-9-31/h13,15-16,21-23H,4-12,17-18H2,1-3H3. The second-order valence-electron chi connectivity index (χ2n) is 11.9. The van der Waals surface area contributed by atoms with Gasteiger partial charge in [-0.15, -0.1) is 11.6 Å². The first-order valence-electron chi connectivity index (χ1n) is 14.3. The number of piperidine rings is 1. The fourth-order valence-electron chi connectivity index (χ4n) is 5.74. The number of carbonyl (C=O) groups excluding carboxylic acids is 1. The van der Waals surface area contributed by atoms with Crippen molar-refractivity contribution < 1.29 is 19.0 Å². The summed E-state index contributed by atoms with van der Waals surface area (Å²) < 4.78 is 17.4. The second kappa shape index (κ2) is 12.6. The van der Waals surface area contributed by atoms with Gasteiger partial charge in [0.2, 0.25) is 5.95 Å². The maximum absolute atomic E-state index is 12.2. The van der Waals surface area contributed by atoms with Crippen molar-refractivity contribution in [2.24, 2.45) is 0 Å². The molecule has 2 aromatic rings. The van der Waals surface area contributed by atoms with E-state index in [1.165, 1.54) is 0 Å².